The monoisotopic (exact) mass is 238 g/mol. The molecule has 0 saturated heterocycles. The summed E-state index contributed by atoms with van der Waals surface area (Å²) in [5.74, 6) is 1.58. The SMILES string of the molecule is CCCC(O)C(CC)Oc1ccc(OC)cc1. The van der Waals surface area contributed by atoms with Gasteiger partial charge in [0.15, 0.2) is 0 Å². The summed E-state index contributed by atoms with van der Waals surface area (Å²) in [6.07, 6.45) is 2.00. The predicted molar refractivity (Wildman–Crippen MR) is 68.6 cm³/mol. The van der Waals surface area contributed by atoms with Gasteiger partial charge in [-0.05, 0) is 37.1 Å². The molecular weight excluding hydrogens is 216 g/mol. The lowest BCUT2D eigenvalue weighted by molar-refractivity contribution is 0.0284. The number of methoxy groups -OCH3 is 1. The van der Waals surface area contributed by atoms with Gasteiger partial charge in [0, 0.05) is 0 Å². The zero-order valence-corrected chi connectivity index (χ0v) is 10.8. The highest BCUT2D eigenvalue weighted by Crippen LogP contribution is 2.20. The summed E-state index contributed by atoms with van der Waals surface area (Å²) in [6.45, 7) is 4.08. The maximum atomic E-state index is 9.92. The van der Waals surface area contributed by atoms with Crippen LogP contribution in [-0.2, 0) is 0 Å². The summed E-state index contributed by atoms with van der Waals surface area (Å²) >= 11 is 0. The highest BCUT2D eigenvalue weighted by molar-refractivity contribution is 5.31. The molecule has 17 heavy (non-hydrogen) atoms. The van der Waals surface area contributed by atoms with Crippen LogP contribution in [0.25, 0.3) is 0 Å². The quantitative estimate of drug-likeness (QED) is 0.793. The second-order valence-electron chi connectivity index (χ2n) is 4.10. The second kappa shape index (κ2) is 7.17. The van der Waals surface area contributed by atoms with E-state index in [1.165, 1.54) is 0 Å². The molecule has 2 atom stereocenters. The number of hydrogen-bond acceptors (Lipinski definition) is 3. The van der Waals surface area contributed by atoms with E-state index in [1.54, 1.807) is 7.11 Å². The first-order valence-electron chi connectivity index (χ1n) is 6.20. The van der Waals surface area contributed by atoms with Crippen LogP contribution in [0.1, 0.15) is 33.1 Å². The Labute approximate surface area is 103 Å². The number of benzene rings is 1. The van der Waals surface area contributed by atoms with Gasteiger partial charge >= 0.3 is 0 Å². The predicted octanol–water partition coefficient (Wildman–Crippen LogP) is 3.01. The van der Waals surface area contributed by atoms with Gasteiger partial charge in [0.1, 0.15) is 17.6 Å². The minimum atomic E-state index is -0.396. The Bertz CT molecular complexity index is 308. The van der Waals surface area contributed by atoms with Gasteiger partial charge in [-0.2, -0.15) is 0 Å². The van der Waals surface area contributed by atoms with Gasteiger partial charge in [-0.3, -0.25) is 0 Å². The number of hydrogen-bond donors (Lipinski definition) is 1. The van der Waals surface area contributed by atoms with E-state index >= 15 is 0 Å². The van der Waals surface area contributed by atoms with Crippen LogP contribution in [0.2, 0.25) is 0 Å². The minimum absolute atomic E-state index is 0.136. The first kappa shape index (κ1) is 13.8. The van der Waals surface area contributed by atoms with Crippen LogP contribution in [0.5, 0.6) is 11.5 Å². The van der Waals surface area contributed by atoms with Crippen molar-refractivity contribution in [3.63, 3.8) is 0 Å². The molecule has 1 aromatic carbocycles. The molecule has 2 unspecified atom stereocenters. The molecule has 0 amide bonds. The Morgan fingerprint density at radius 1 is 1.12 bits per heavy atom. The molecule has 0 aliphatic heterocycles. The molecule has 1 rings (SSSR count). The van der Waals surface area contributed by atoms with Gasteiger partial charge in [0.05, 0.1) is 13.2 Å². The van der Waals surface area contributed by atoms with Crippen LogP contribution < -0.4 is 9.47 Å². The summed E-state index contributed by atoms with van der Waals surface area (Å²) in [4.78, 5) is 0. The zero-order chi connectivity index (χ0) is 12.7. The second-order valence-corrected chi connectivity index (χ2v) is 4.10. The highest BCUT2D eigenvalue weighted by Gasteiger charge is 2.18. The maximum absolute atomic E-state index is 9.92. The van der Waals surface area contributed by atoms with E-state index in [1.807, 2.05) is 31.2 Å². The largest absolute Gasteiger partial charge is 0.497 e. The van der Waals surface area contributed by atoms with Crippen molar-refractivity contribution in [3.05, 3.63) is 24.3 Å². The van der Waals surface area contributed by atoms with E-state index in [0.29, 0.717) is 0 Å². The fraction of sp³-hybridized carbons (Fsp3) is 0.571. The number of rotatable bonds is 7. The molecule has 96 valence electrons. The molecule has 0 spiro atoms. The summed E-state index contributed by atoms with van der Waals surface area (Å²) in [6, 6.07) is 7.43. The zero-order valence-electron chi connectivity index (χ0n) is 10.8. The van der Waals surface area contributed by atoms with Crippen LogP contribution in [0.4, 0.5) is 0 Å². The van der Waals surface area contributed by atoms with E-state index in [0.717, 1.165) is 30.8 Å². The van der Waals surface area contributed by atoms with Gasteiger partial charge in [-0.1, -0.05) is 20.3 Å². The van der Waals surface area contributed by atoms with E-state index in [2.05, 4.69) is 6.92 Å². The smallest absolute Gasteiger partial charge is 0.124 e. The van der Waals surface area contributed by atoms with Crippen LogP contribution in [-0.4, -0.2) is 24.4 Å². The molecule has 1 aromatic rings. The minimum Gasteiger partial charge on any atom is -0.497 e. The van der Waals surface area contributed by atoms with Crippen molar-refractivity contribution in [2.45, 2.75) is 45.3 Å². The van der Waals surface area contributed by atoms with Crippen molar-refractivity contribution >= 4 is 0 Å². The van der Waals surface area contributed by atoms with Gasteiger partial charge in [0.2, 0.25) is 0 Å². The lowest BCUT2D eigenvalue weighted by Crippen LogP contribution is -2.30. The summed E-state index contributed by atoms with van der Waals surface area (Å²) in [5.41, 5.74) is 0. The molecule has 3 nitrogen and oxygen atoms in total. The van der Waals surface area contributed by atoms with E-state index in [4.69, 9.17) is 9.47 Å². The fourth-order valence-corrected chi connectivity index (χ4v) is 1.74. The van der Waals surface area contributed by atoms with Crippen molar-refractivity contribution in [2.75, 3.05) is 7.11 Å². The summed E-state index contributed by atoms with van der Waals surface area (Å²) in [5, 5.41) is 9.92. The van der Waals surface area contributed by atoms with Gasteiger partial charge in [-0.15, -0.1) is 0 Å². The van der Waals surface area contributed by atoms with Crippen LogP contribution in [0, 0.1) is 0 Å². The molecule has 0 saturated carbocycles. The fourth-order valence-electron chi connectivity index (χ4n) is 1.74. The topological polar surface area (TPSA) is 38.7 Å². The molecular formula is C14H22O3. The Morgan fingerprint density at radius 3 is 2.18 bits per heavy atom. The van der Waals surface area contributed by atoms with Crippen molar-refractivity contribution in [1.82, 2.24) is 0 Å². The normalized spacial score (nSPS) is 14.1. The number of ether oxygens (including phenoxy) is 2. The Kier molecular flexibility index (Phi) is 5.84. The Hall–Kier alpha value is -1.22. The molecule has 0 aliphatic carbocycles. The molecule has 0 fully saturated rings. The molecule has 0 bridgehead atoms. The number of aliphatic hydroxyl groups excluding tert-OH is 1. The van der Waals surface area contributed by atoms with Gasteiger partial charge in [0.25, 0.3) is 0 Å². The first-order valence-corrected chi connectivity index (χ1v) is 6.20. The molecule has 0 aliphatic rings. The third kappa shape index (κ3) is 4.27. The molecule has 0 radical (unpaired) electrons. The van der Waals surface area contributed by atoms with Crippen molar-refractivity contribution in [2.24, 2.45) is 0 Å². The van der Waals surface area contributed by atoms with Crippen LogP contribution >= 0.6 is 0 Å². The summed E-state index contributed by atoms with van der Waals surface area (Å²) < 4.78 is 10.9. The van der Waals surface area contributed by atoms with Crippen molar-refractivity contribution in [3.8, 4) is 11.5 Å². The maximum Gasteiger partial charge on any atom is 0.124 e. The lowest BCUT2D eigenvalue weighted by Gasteiger charge is -2.22. The summed E-state index contributed by atoms with van der Waals surface area (Å²) in [7, 11) is 1.63. The third-order valence-electron chi connectivity index (χ3n) is 2.76. The van der Waals surface area contributed by atoms with Crippen LogP contribution in [0.15, 0.2) is 24.3 Å². The van der Waals surface area contributed by atoms with Crippen LogP contribution in [0.3, 0.4) is 0 Å². The van der Waals surface area contributed by atoms with Gasteiger partial charge in [-0.25, -0.2) is 0 Å². The first-order chi connectivity index (χ1) is 8.21. The standard InChI is InChI=1S/C14H22O3/c1-4-6-13(15)14(5-2)17-12-9-7-11(16-3)8-10-12/h7-10,13-15H,4-6H2,1-3H3. The molecule has 0 aromatic heterocycles. The van der Waals surface area contributed by atoms with E-state index < -0.39 is 6.10 Å². The Morgan fingerprint density at radius 2 is 1.71 bits per heavy atom. The average molecular weight is 238 g/mol. The Balaban J connectivity index is 2.60. The molecule has 1 N–H and O–H groups in total. The van der Waals surface area contributed by atoms with Crippen molar-refractivity contribution in [1.29, 1.82) is 0 Å². The van der Waals surface area contributed by atoms with Gasteiger partial charge < -0.3 is 14.6 Å². The van der Waals surface area contributed by atoms with Crippen molar-refractivity contribution < 1.29 is 14.6 Å². The molecule has 3 heteroatoms. The molecule has 0 heterocycles. The average Bonchev–Trinajstić information content (AvgIpc) is 2.37. The highest BCUT2D eigenvalue weighted by atomic mass is 16.5. The third-order valence-corrected chi connectivity index (χ3v) is 2.76. The van der Waals surface area contributed by atoms with E-state index in [-0.39, 0.29) is 6.10 Å². The number of aliphatic hydroxyl groups is 1. The van der Waals surface area contributed by atoms with E-state index in [9.17, 15) is 5.11 Å². The lowest BCUT2D eigenvalue weighted by atomic mass is 10.1.